The van der Waals surface area contributed by atoms with E-state index in [-0.39, 0.29) is 24.7 Å². The molecule has 2 atom stereocenters. The van der Waals surface area contributed by atoms with Crippen LogP contribution in [-0.2, 0) is 11.3 Å². The molecule has 0 aromatic heterocycles. The van der Waals surface area contributed by atoms with E-state index in [0.29, 0.717) is 13.1 Å². The van der Waals surface area contributed by atoms with Gasteiger partial charge >= 0.3 is 6.09 Å². The molecule has 3 N–H and O–H groups in total. The first-order valence-electron chi connectivity index (χ1n) is 8.02. The largest absolute Gasteiger partial charge is 0.445 e. The molecular formula is C17H24N2O3. The van der Waals surface area contributed by atoms with Crippen molar-refractivity contribution >= 4 is 6.09 Å². The van der Waals surface area contributed by atoms with Crippen LogP contribution in [0, 0.1) is 5.92 Å². The summed E-state index contributed by atoms with van der Waals surface area (Å²) in [4.78, 5) is 13.6. The summed E-state index contributed by atoms with van der Waals surface area (Å²) < 4.78 is 5.28. The molecule has 3 rings (SSSR count). The highest BCUT2D eigenvalue weighted by Crippen LogP contribution is 2.38. The van der Waals surface area contributed by atoms with Gasteiger partial charge < -0.3 is 20.5 Å². The average Bonchev–Trinajstić information content (AvgIpc) is 2.51. The topological polar surface area (TPSA) is 75.8 Å². The molecule has 0 bridgehead atoms. The van der Waals surface area contributed by atoms with Crippen molar-refractivity contribution in [3.8, 4) is 0 Å². The molecule has 5 nitrogen and oxygen atoms in total. The molecule has 2 aliphatic rings. The molecule has 1 aromatic rings. The Bertz CT molecular complexity index is 514. The van der Waals surface area contributed by atoms with Crippen molar-refractivity contribution in [2.24, 2.45) is 11.7 Å². The van der Waals surface area contributed by atoms with Crippen LogP contribution in [-0.4, -0.2) is 40.8 Å². The van der Waals surface area contributed by atoms with Gasteiger partial charge in [0.15, 0.2) is 0 Å². The third kappa shape index (κ3) is 3.10. The quantitative estimate of drug-likeness (QED) is 0.894. The van der Waals surface area contributed by atoms with E-state index in [1.165, 1.54) is 0 Å². The normalized spacial score (nSPS) is 27.1. The molecule has 1 aliphatic carbocycles. The first-order valence-corrected chi connectivity index (χ1v) is 8.02. The molecule has 5 heteroatoms. The van der Waals surface area contributed by atoms with Crippen LogP contribution in [0.5, 0.6) is 0 Å². The lowest BCUT2D eigenvalue weighted by molar-refractivity contribution is -0.138. The number of nitrogens with two attached hydrogens (primary N) is 1. The Labute approximate surface area is 131 Å². The fraction of sp³-hybridized carbons (Fsp3) is 0.588. The molecule has 0 spiro atoms. The highest BCUT2D eigenvalue weighted by atomic mass is 16.6. The zero-order chi connectivity index (χ0) is 15.6. The number of carbonyl (C=O) groups is 1. The second kappa shape index (κ2) is 6.26. The van der Waals surface area contributed by atoms with Crippen LogP contribution in [0.15, 0.2) is 30.3 Å². The fourth-order valence-corrected chi connectivity index (χ4v) is 3.62. The van der Waals surface area contributed by atoms with Gasteiger partial charge in [-0.25, -0.2) is 4.79 Å². The molecule has 1 saturated heterocycles. The van der Waals surface area contributed by atoms with E-state index in [0.717, 1.165) is 31.2 Å². The van der Waals surface area contributed by atoms with Gasteiger partial charge in [-0.15, -0.1) is 0 Å². The molecule has 2 fully saturated rings. The Hall–Kier alpha value is -1.59. The van der Waals surface area contributed by atoms with E-state index in [9.17, 15) is 9.90 Å². The van der Waals surface area contributed by atoms with Crippen LogP contribution in [0.4, 0.5) is 4.79 Å². The maximum atomic E-state index is 12.0. The van der Waals surface area contributed by atoms with E-state index in [1.807, 2.05) is 30.3 Å². The van der Waals surface area contributed by atoms with Gasteiger partial charge in [0.25, 0.3) is 0 Å². The summed E-state index contributed by atoms with van der Waals surface area (Å²) in [5.41, 5.74) is 6.27. The minimum Gasteiger partial charge on any atom is -0.445 e. The molecular weight excluding hydrogens is 280 g/mol. The number of aliphatic hydroxyl groups is 1. The van der Waals surface area contributed by atoms with Crippen molar-refractivity contribution in [3.63, 3.8) is 0 Å². The van der Waals surface area contributed by atoms with E-state index >= 15 is 0 Å². The van der Waals surface area contributed by atoms with Crippen LogP contribution < -0.4 is 5.73 Å². The maximum absolute atomic E-state index is 12.0. The van der Waals surface area contributed by atoms with E-state index < -0.39 is 5.60 Å². The smallest absolute Gasteiger partial charge is 0.410 e. The Morgan fingerprint density at radius 1 is 1.27 bits per heavy atom. The lowest BCUT2D eigenvalue weighted by Gasteiger charge is -2.52. The van der Waals surface area contributed by atoms with Gasteiger partial charge in [0.05, 0.1) is 13.1 Å². The van der Waals surface area contributed by atoms with Gasteiger partial charge in [-0.05, 0) is 18.4 Å². The summed E-state index contributed by atoms with van der Waals surface area (Å²) in [5, 5.41) is 10.7. The number of hydrogen-bond donors (Lipinski definition) is 2. The zero-order valence-corrected chi connectivity index (χ0v) is 12.8. The molecule has 1 saturated carbocycles. The van der Waals surface area contributed by atoms with Gasteiger partial charge in [-0.2, -0.15) is 0 Å². The van der Waals surface area contributed by atoms with Gasteiger partial charge in [0.1, 0.15) is 12.2 Å². The summed E-state index contributed by atoms with van der Waals surface area (Å²) in [6, 6.07) is 9.63. The Morgan fingerprint density at radius 3 is 2.64 bits per heavy atom. The standard InChI is InChI=1S/C17H24N2O3/c18-15-9-5-4-8-14(15)17(21)11-19(12-17)16(20)22-10-13-6-2-1-3-7-13/h1-3,6-7,14-15,21H,4-5,8-12,18H2. The Morgan fingerprint density at radius 2 is 1.95 bits per heavy atom. The van der Waals surface area contributed by atoms with Gasteiger partial charge in [-0.3, -0.25) is 0 Å². The van der Waals surface area contributed by atoms with Crippen LogP contribution in [0.2, 0.25) is 0 Å². The highest BCUT2D eigenvalue weighted by molar-refractivity contribution is 5.69. The second-order valence-corrected chi connectivity index (χ2v) is 6.55. The lowest BCUT2D eigenvalue weighted by Crippen LogP contribution is -2.69. The van der Waals surface area contributed by atoms with Crippen molar-refractivity contribution in [2.45, 2.75) is 43.9 Å². The zero-order valence-electron chi connectivity index (χ0n) is 12.8. The van der Waals surface area contributed by atoms with Crippen LogP contribution in [0.25, 0.3) is 0 Å². The van der Waals surface area contributed by atoms with Crippen molar-refractivity contribution < 1.29 is 14.6 Å². The summed E-state index contributed by atoms with van der Waals surface area (Å²) in [6.07, 6.45) is 3.80. The average molecular weight is 304 g/mol. The summed E-state index contributed by atoms with van der Waals surface area (Å²) >= 11 is 0. The molecule has 0 radical (unpaired) electrons. The number of benzene rings is 1. The number of likely N-dealkylation sites (tertiary alicyclic amines) is 1. The second-order valence-electron chi connectivity index (χ2n) is 6.55. The maximum Gasteiger partial charge on any atom is 0.410 e. The number of carbonyl (C=O) groups excluding carboxylic acids is 1. The summed E-state index contributed by atoms with van der Waals surface area (Å²) in [7, 11) is 0. The molecule has 1 amide bonds. The van der Waals surface area contributed by atoms with Crippen molar-refractivity contribution in [1.82, 2.24) is 4.90 Å². The predicted octanol–water partition coefficient (Wildman–Crippen LogP) is 1.89. The van der Waals surface area contributed by atoms with E-state index in [2.05, 4.69) is 0 Å². The fourth-order valence-electron chi connectivity index (χ4n) is 3.62. The third-order valence-electron chi connectivity index (χ3n) is 4.90. The molecule has 1 aromatic carbocycles. The summed E-state index contributed by atoms with van der Waals surface area (Å²) in [5.74, 6) is 0.0967. The first-order chi connectivity index (χ1) is 10.6. The van der Waals surface area contributed by atoms with Gasteiger partial charge in [0.2, 0.25) is 0 Å². The monoisotopic (exact) mass is 304 g/mol. The SMILES string of the molecule is NC1CCCCC1C1(O)CN(C(=O)OCc2ccccc2)C1. The number of β-amino-alcohol motifs (C(OH)–C–C–N with tert-alkyl or cyclic N) is 1. The van der Waals surface area contributed by atoms with E-state index in [4.69, 9.17) is 10.5 Å². The molecule has 1 heterocycles. The van der Waals surface area contributed by atoms with Gasteiger partial charge in [0, 0.05) is 12.0 Å². The van der Waals surface area contributed by atoms with Gasteiger partial charge in [-0.1, -0.05) is 43.2 Å². The molecule has 22 heavy (non-hydrogen) atoms. The first kappa shape index (κ1) is 15.3. The number of rotatable bonds is 3. The Balaban J connectivity index is 1.48. The van der Waals surface area contributed by atoms with E-state index in [1.54, 1.807) is 4.90 Å². The highest BCUT2D eigenvalue weighted by Gasteiger charge is 2.51. The molecule has 2 unspecified atom stereocenters. The van der Waals surface area contributed by atoms with Crippen LogP contribution >= 0.6 is 0 Å². The molecule has 120 valence electrons. The lowest BCUT2D eigenvalue weighted by atomic mass is 9.70. The third-order valence-corrected chi connectivity index (χ3v) is 4.90. The van der Waals surface area contributed by atoms with Crippen LogP contribution in [0.3, 0.4) is 0 Å². The number of hydrogen-bond acceptors (Lipinski definition) is 4. The van der Waals surface area contributed by atoms with Crippen molar-refractivity contribution in [3.05, 3.63) is 35.9 Å². The van der Waals surface area contributed by atoms with Crippen LogP contribution in [0.1, 0.15) is 31.2 Å². The minimum absolute atomic E-state index is 0.0428. The van der Waals surface area contributed by atoms with Crippen molar-refractivity contribution in [2.75, 3.05) is 13.1 Å². The number of amides is 1. The molecule has 1 aliphatic heterocycles. The summed E-state index contributed by atoms with van der Waals surface area (Å²) in [6.45, 7) is 0.926. The Kier molecular flexibility index (Phi) is 4.36. The minimum atomic E-state index is -0.828. The number of nitrogens with zero attached hydrogens (tertiary/aromatic N) is 1. The predicted molar refractivity (Wildman–Crippen MR) is 83.1 cm³/mol. The number of ether oxygens (including phenoxy) is 1. The van der Waals surface area contributed by atoms with Crippen molar-refractivity contribution in [1.29, 1.82) is 0 Å².